The van der Waals surface area contributed by atoms with E-state index in [-0.39, 0.29) is 12.1 Å². The van der Waals surface area contributed by atoms with E-state index in [4.69, 9.17) is 9.47 Å². The van der Waals surface area contributed by atoms with Crippen LogP contribution in [-0.2, 0) is 9.47 Å². The van der Waals surface area contributed by atoms with Crippen LogP contribution in [0.4, 0.5) is 4.79 Å². The zero-order valence-electron chi connectivity index (χ0n) is 15.0. The van der Waals surface area contributed by atoms with Crippen LogP contribution >= 0.6 is 0 Å². The van der Waals surface area contributed by atoms with E-state index in [2.05, 4.69) is 10.2 Å². The van der Waals surface area contributed by atoms with E-state index < -0.39 is 5.60 Å². The first-order chi connectivity index (χ1) is 11.0. The number of carbonyl (C=O) groups excluding carboxylic acids is 1. The van der Waals surface area contributed by atoms with Crippen molar-refractivity contribution in [2.45, 2.75) is 51.7 Å². The van der Waals surface area contributed by atoms with Crippen LogP contribution in [0.5, 0.6) is 0 Å². The minimum atomic E-state index is -0.421. The maximum Gasteiger partial charge on any atom is 0.410 e. The number of hydrogen-bond donors (Lipinski definition) is 1. The van der Waals surface area contributed by atoms with Crippen LogP contribution in [0.1, 0.15) is 40.0 Å². The summed E-state index contributed by atoms with van der Waals surface area (Å²) >= 11 is 0. The molecular formula is C17H33N3O3. The molecule has 0 unspecified atom stereocenters. The zero-order valence-corrected chi connectivity index (χ0v) is 15.0. The molecule has 6 heteroatoms. The minimum Gasteiger partial charge on any atom is -0.444 e. The lowest BCUT2D eigenvalue weighted by atomic mass is 10.2. The summed E-state index contributed by atoms with van der Waals surface area (Å²) < 4.78 is 10.9. The second-order valence-corrected chi connectivity index (χ2v) is 7.48. The first-order valence-electron chi connectivity index (χ1n) is 8.96. The number of likely N-dealkylation sites (tertiary alicyclic amines) is 1. The molecule has 134 valence electrons. The standard InChI is InChI=1S/C17H33N3O3/c1-17(2,3)23-16(21)20-9-4-6-15(20)14-18-7-5-8-19-10-12-22-13-11-19/h15,18H,4-14H2,1-3H3/t15-/m1/s1. The second kappa shape index (κ2) is 8.85. The fourth-order valence-electron chi connectivity index (χ4n) is 3.13. The van der Waals surface area contributed by atoms with Gasteiger partial charge in [-0.1, -0.05) is 0 Å². The number of amides is 1. The summed E-state index contributed by atoms with van der Waals surface area (Å²) in [7, 11) is 0. The molecular weight excluding hydrogens is 294 g/mol. The van der Waals surface area contributed by atoms with Gasteiger partial charge in [0, 0.05) is 32.2 Å². The van der Waals surface area contributed by atoms with E-state index in [1.54, 1.807) is 0 Å². The summed E-state index contributed by atoms with van der Waals surface area (Å²) in [6, 6.07) is 0.272. The highest BCUT2D eigenvalue weighted by atomic mass is 16.6. The molecule has 1 amide bonds. The van der Waals surface area contributed by atoms with E-state index >= 15 is 0 Å². The number of carbonyl (C=O) groups is 1. The van der Waals surface area contributed by atoms with Crippen LogP contribution in [0.3, 0.4) is 0 Å². The fourth-order valence-corrected chi connectivity index (χ4v) is 3.13. The molecule has 6 nitrogen and oxygen atoms in total. The number of nitrogens with zero attached hydrogens (tertiary/aromatic N) is 2. The molecule has 0 aliphatic carbocycles. The molecule has 0 aromatic heterocycles. The molecule has 2 fully saturated rings. The lowest BCUT2D eigenvalue weighted by Gasteiger charge is -2.29. The van der Waals surface area contributed by atoms with Gasteiger partial charge in [-0.25, -0.2) is 4.79 Å². The molecule has 23 heavy (non-hydrogen) atoms. The van der Waals surface area contributed by atoms with E-state index in [0.29, 0.717) is 0 Å². The summed E-state index contributed by atoms with van der Waals surface area (Å²) in [5.41, 5.74) is -0.421. The summed E-state index contributed by atoms with van der Waals surface area (Å²) in [6.07, 6.45) is 3.10. The van der Waals surface area contributed by atoms with Crippen molar-refractivity contribution in [3.05, 3.63) is 0 Å². The first kappa shape index (κ1) is 18.5. The molecule has 2 saturated heterocycles. The summed E-state index contributed by atoms with van der Waals surface area (Å²) in [5, 5.41) is 3.51. The van der Waals surface area contributed by atoms with Crippen LogP contribution < -0.4 is 5.32 Å². The highest BCUT2D eigenvalue weighted by molar-refractivity contribution is 5.69. The van der Waals surface area contributed by atoms with Gasteiger partial charge in [-0.15, -0.1) is 0 Å². The maximum atomic E-state index is 12.2. The van der Waals surface area contributed by atoms with Gasteiger partial charge in [-0.05, 0) is 53.1 Å². The van der Waals surface area contributed by atoms with Gasteiger partial charge in [-0.3, -0.25) is 4.90 Å². The Bertz CT molecular complexity index is 365. The number of rotatable bonds is 6. The van der Waals surface area contributed by atoms with Crippen LogP contribution in [0.25, 0.3) is 0 Å². The Hall–Kier alpha value is -0.850. The van der Waals surface area contributed by atoms with Crippen molar-refractivity contribution in [3.8, 4) is 0 Å². The Morgan fingerprint density at radius 3 is 2.70 bits per heavy atom. The fraction of sp³-hybridized carbons (Fsp3) is 0.941. The Labute approximate surface area is 140 Å². The average molecular weight is 327 g/mol. The molecule has 0 aromatic rings. The Balaban J connectivity index is 1.61. The lowest BCUT2D eigenvalue weighted by Crippen LogP contribution is -2.44. The zero-order chi connectivity index (χ0) is 16.7. The summed E-state index contributed by atoms with van der Waals surface area (Å²) in [4.78, 5) is 16.6. The molecule has 0 radical (unpaired) electrons. The molecule has 2 rings (SSSR count). The third-order valence-electron chi connectivity index (χ3n) is 4.32. The highest BCUT2D eigenvalue weighted by Crippen LogP contribution is 2.20. The van der Waals surface area contributed by atoms with Gasteiger partial charge in [0.2, 0.25) is 0 Å². The van der Waals surface area contributed by atoms with Gasteiger partial charge < -0.3 is 19.7 Å². The van der Waals surface area contributed by atoms with Crippen LogP contribution in [0, 0.1) is 0 Å². The third-order valence-corrected chi connectivity index (χ3v) is 4.32. The lowest BCUT2D eigenvalue weighted by molar-refractivity contribution is 0.0226. The predicted molar refractivity (Wildman–Crippen MR) is 90.7 cm³/mol. The SMILES string of the molecule is CC(C)(C)OC(=O)N1CCC[C@@H]1CNCCCN1CCOCC1. The van der Waals surface area contributed by atoms with Gasteiger partial charge >= 0.3 is 6.09 Å². The van der Waals surface area contributed by atoms with E-state index in [1.807, 2.05) is 25.7 Å². The molecule has 0 aromatic carbocycles. The molecule has 2 aliphatic heterocycles. The Morgan fingerprint density at radius 2 is 2.00 bits per heavy atom. The van der Waals surface area contributed by atoms with Crippen molar-refractivity contribution in [2.24, 2.45) is 0 Å². The van der Waals surface area contributed by atoms with Gasteiger partial charge in [0.05, 0.1) is 13.2 Å². The van der Waals surface area contributed by atoms with Gasteiger partial charge in [0.1, 0.15) is 5.60 Å². The van der Waals surface area contributed by atoms with Crippen molar-refractivity contribution in [1.82, 2.24) is 15.1 Å². The molecule has 0 saturated carbocycles. The number of nitrogens with one attached hydrogen (secondary N) is 1. The van der Waals surface area contributed by atoms with Crippen molar-refractivity contribution >= 4 is 6.09 Å². The van der Waals surface area contributed by atoms with Crippen LogP contribution in [0.2, 0.25) is 0 Å². The van der Waals surface area contributed by atoms with Crippen molar-refractivity contribution in [1.29, 1.82) is 0 Å². The van der Waals surface area contributed by atoms with Crippen LogP contribution in [0.15, 0.2) is 0 Å². The Kier molecular flexibility index (Phi) is 7.11. The quantitative estimate of drug-likeness (QED) is 0.753. The monoisotopic (exact) mass is 327 g/mol. The average Bonchev–Trinajstić information content (AvgIpc) is 2.95. The molecule has 2 aliphatic rings. The Morgan fingerprint density at radius 1 is 1.26 bits per heavy atom. The van der Waals surface area contributed by atoms with Gasteiger partial charge in [0.25, 0.3) is 0 Å². The topological polar surface area (TPSA) is 54.0 Å². The van der Waals surface area contributed by atoms with Crippen LogP contribution in [-0.4, -0.2) is 80.0 Å². The molecule has 2 heterocycles. The molecule has 1 N–H and O–H groups in total. The molecule has 1 atom stereocenters. The van der Waals surface area contributed by atoms with Crippen molar-refractivity contribution < 1.29 is 14.3 Å². The number of hydrogen-bond acceptors (Lipinski definition) is 5. The predicted octanol–water partition coefficient (Wildman–Crippen LogP) is 1.70. The first-order valence-corrected chi connectivity index (χ1v) is 8.96. The number of morpholine rings is 1. The highest BCUT2D eigenvalue weighted by Gasteiger charge is 2.31. The second-order valence-electron chi connectivity index (χ2n) is 7.48. The summed E-state index contributed by atoms with van der Waals surface area (Å²) in [6.45, 7) is 13.4. The van der Waals surface area contributed by atoms with E-state index in [0.717, 1.165) is 71.7 Å². The molecule has 0 spiro atoms. The third kappa shape index (κ3) is 6.65. The maximum absolute atomic E-state index is 12.2. The normalized spacial score (nSPS) is 23.3. The van der Waals surface area contributed by atoms with E-state index in [9.17, 15) is 4.79 Å². The number of ether oxygens (including phenoxy) is 2. The van der Waals surface area contributed by atoms with E-state index in [1.165, 1.54) is 0 Å². The largest absolute Gasteiger partial charge is 0.444 e. The smallest absolute Gasteiger partial charge is 0.410 e. The van der Waals surface area contributed by atoms with Crippen molar-refractivity contribution in [2.75, 3.05) is 52.5 Å². The molecule has 0 bridgehead atoms. The summed E-state index contributed by atoms with van der Waals surface area (Å²) in [5.74, 6) is 0. The minimum absolute atomic E-state index is 0.171. The van der Waals surface area contributed by atoms with Gasteiger partial charge in [0.15, 0.2) is 0 Å². The van der Waals surface area contributed by atoms with Crippen molar-refractivity contribution in [3.63, 3.8) is 0 Å². The van der Waals surface area contributed by atoms with Gasteiger partial charge in [-0.2, -0.15) is 0 Å².